The maximum absolute atomic E-state index is 12.1. The number of hydrogen-bond donors (Lipinski definition) is 2. The second-order valence-corrected chi connectivity index (χ2v) is 7.74. The Balaban J connectivity index is 0.00000320. The van der Waals surface area contributed by atoms with Gasteiger partial charge < -0.3 is 15.5 Å². The number of guanidine groups is 1. The minimum Gasteiger partial charge on any atom is -0.354 e. The minimum absolute atomic E-state index is 0. The van der Waals surface area contributed by atoms with Gasteiger partial charge in [-0.15, -0.1) is 24.0 Å². The van der Waals surface area contributed by atoms with Crippen molar-refractivity contribution in [3.63, 3.8) is 0 Å². The van der Waals surface area contributed by atoms with Crippen LogP contribution in [0.3, 0.4) is 0 Å². The molecule has 1 aromatic heterocycles. The number of hydrogen-bond acceptors (Lipinski definition) is 3. The summed E-state index contributed by atoms with van der Waals surface area (Å²) < 4.78 is 0. The Labute approximate surface area is 196 Å². The van der Waals surface area contributed by atoms with Crippen molar-refractivity contribution in [1.82, 2.24) is 20.5 Å². The van der Waals surface area contributed by atoms with Gasteiger partial charge in [-0.05, 0) is 36.6 Å². The van der Waals surface area contributed by atoms with Crippen molar-refractivity contribution < 1.29 is 4.79 Å². The highest BCUT2D eigenvalue weighted by atomic mass is 127. The molecule has 2 heterocycles. The average molecular weight is 521 g/mol. The van der Waals surface area contributed by atoms with E-state index in [1.807, 2.05) is 43.1 Å². The molecule has 0 unspecified atom stereocenters. The molecule has 0 aliphatic carbocycles. The molecule has 0 saturated carbocycles. The molecule has 2 aromatic rings. The number of rotatable bonds is 5. The maximum Gasteiger partial charge on any atom is 0.225 e. The van der Waals surface area contributed by atoms with Crippen LogP contribution in [0.15, 0.2) is 53.7 Å². The Morgan fingerprint density at radius 2 is 1.97 bits per heavy atom. The Hall–Kier alpha value is -2.16. The van der Waals surface area contributed by atoms with Gasteiger partial charge in [-0.25, -0.2) is 0 Å². The molecule has 1 amide bonds. The summed E-state index contributed by atoms with van der Waals surface area (Å²) in [7, 11) is 1.79. The SMILES string of the molecule is CN=C(NCc1cccc(-c2ccccn2)c1)NC1CCN(C(=O)C(C)C)CC1.I. The molecule has 0 atom stereocenters. The monoisotopic (exact) mass is 521 g/mol. The van der Waals surface area contributed by atoms with Crippen LogP contribution in [0.25, 0.3) is 11.3 Å². The minimum atomic E-state index is 0. The van der Waals surface area contributed by atoms with Crippen molar-refractivity contribution in [3.8, 4) is 11.3 Å². The lowest BCUT2D eigenvalue weighted by Crippen LogP contribution is -2.50. The first-order valence-electron chi connectivity index (χ1n) is 10.3. The van der Waals surface area contributed by atoms with E-state index < -0.39 is 0 Å². The molecule has 7 heteroatoms. The number of benzene rings is 1. The van der Waals surface area contributed by atoms with Gasteiger partial charge in [-0.3, -0.25) is 14.8 Å². The summed E-state index contributed by atoms with van der Waals surface area (Å²) in [5.41, 5.74) is 3.25. The van der Waals surface area contributed by atoms with Gasteiger partial charge in [0, 0.05) is 50.4 Å². The van der Waals surface area contributed by atoms with Crippen molar-refractivity contribution >= 4 is 35.8 Å². The van der Waals surface area contributed by atoms with E-state index in [2.05, 4.69) is 44.9 Å². The number of nitrogens with zero attached hydrogens (tertiary/aromatic N) is 3. The van der Waals surface area contributed by atoms with E-state index in [4.69, 9.17) is 0 Å². The van der Waals surface area contributed by atoms with E-state index in [-0.39, 0.29) is 35.8 Å². The highest BCUT2D eigenvalue weighted by molar-refractivity contribution is 14.0. The smallest absolute Gasteiger partial charge is 0.225 e. The first-order chi connectivity index (χ1) is 14.1. The second-order valence-electron chi connectivity index (χ2n) is 7.74. The van der Waals surface area contributed by atoms with Gasteiger partial charge in [0.25, 0.3) is 0 Å². The van der Waals surface area contributed by atoms with Gasteiger partial charge >= 0.3 is 0 Å². The zero-order chi connectivity index (χ0) is 20.6. The van der Waals surface area contributed by atoms with Crippen LogP contribution < -0.4 is 10.6 Å². The zero-order valence-corrected chi connectivity index (χ0v) is 20.3. The van der Waals surface area contributed by atoms with Crippen LogP contribution in [0, 0.1) is 5.92 Å². The van der Waals surface area contributed by atoms with Crippen molar-refractivity contribution in [3.05, 3.63) is 54.2 Å². The molecular formula is C23H32IN5O. The summed E-state index contributed by atoms with van der Waals surface area (Å²) in [6.07, 6.45) is 3.69. The van der Waals surface area contributed by atoms with E-state index >= 15 is 0 Å². The Bertz CT molecular complexity index is 832. The molecule has 1 aromatic carbocycles. The number of nitrogens with one attached hydrogen (secondary N) is 2. The molecular weight excluding hydrogens is 489 g/mol. The quantitative estimate of drug-likeness (QED) is 0.358. The molecule has 162 valence electrons. The molecule has 1 aliphatic rings. The molecule has 1 fully saturated rings. The zero-order valence-electron chi connectivity index (χ0n) is 18.0. The number of carbonyl (C=O) groups is 1. The topological polar surface area (TPSA) is 69.6 Å². The summed E-state index contributed by atoms with van der Waals surface area (Å²) in [4.78, 5) is 22.9. The Morgan fingerprint density at radius 1 is 1.20 bits per heavy atom. The Morgan fingerprint density at radius 3 is 2.60 bits per heavy atom. The molecule has 1 aliphatic heterocycles. The van der Waals surface area contributed by atoms with Gasteiger partial charge in [0.2, 0.25) is 5.91 Å². The molecule has 30 heavy (non-hydrogen) atoms. The van der Waals surface area contributed by atoms with E-state index in [0.717, 1.165) is 43.1 Å². The predicted molar refractivity (Wildman–Crippen MR) is 133 cm³/mol. The first-order valence-corrected chi connectivity index (χ1v) is 10.3. The third kappa shape index (κ3) is 6.68. The van der Waals surface area contributed by atoms with Gasteiger partial charge in [-0.2, -0.15) is 0 Å². The fourth-order valence-electron chi connectivity index (χ4n) is 3.56. The second kappa shape index (κ2) is 11.9. The van der Waals surface area contributed by atoms with Crippen LogP contribution in [0.2, 0.25) is 0 Å². The lowest BCUT2D eigenvalue weighted by molar-refractivity contribution is -0.135. The fourth-order valence-corrected chi connectivity index (χ4v) is 3.56. The number of carbonyl (C=O) groups excluding carboxylic acids is 1. The van der Waals surface area contributed by atoms with Gasteiger partial charge in [0.05, 0.1) is 5.69 Å². The average Bonchev–Trinajstić information content (AvgIpc) is 2.77. The number of likely N-dealkylation sites (tertiary alicyclic amines) is 1. The lowest BCUT2D eigenvalue weighted by Gasteiger charge is -2.34. The van der Waals surface area contributed by atoms with Crippen LogP contribution in [-0.2, 0) is 11.3 Å². The van der Waals surface area contributed by atoms with Crippen molar-refractivity contribution in [2.75, 3.05) is 20.1 Å². The number of aliphatic imine (C=N–C) groups is 1. The normalized spacial score (nSPS) is 14.9. The van der Waals surface area contributed by atoms with Crippen molar-refractivity contribution in [1.29, 1.82) is 0 Å². The fraction of sp³-hybridized carbons (Fsp3) is 0.435. The van der Waals surface area contributed by atoms with E-state index in [0.29, 0.717) is 12.6 Å². The number of piperidine rings is 1. The summed E-state index contributed by atoms with van der Waals surface area (Å²) in [5.74, 6) is 1.11. The van der Waals surface area contributed by atoms with Crippen LogP contribution in [0.4, 0.5) is 0 Å². The van der Waals surface area contributed by atoms with Crippen LogP contribution >= 0.6 is 24.0 Å². The summed E-state index contributed by atoms with van der Waals surface area (Å²) in [6.45, 7) is 6.21. The van der Waals surface area contributed by atoms with Crippen LogP contribution in [-0.4, -0.2) is 47.9 Å². The summed E-state index contributed by atoms with van der Waals surface area (Å²) in [5, 5.41) is 6.90. The number of pyridine rings is 1. The first kappa shape index (κ1) is 24.1. The van der Waals surface area contributed by atoms with Gasteiger partial charge in [0.1, 0.15) is 0 Å². The molecule has 1 saturated heterocycles. The summed E-state index contributed by atoms with van der Waals surface area (Å²) >= 11 is 0. The highest BCUT2D eigenvalue weighted by Gasteiger charge is 2.24. The van der Waals surface area contributed by atoms with Gasteiger partial charge in [0.15, 0.2) is 5.96 Å². The third-order valence-corrected chi connectivity index (χ3v) is 5.21. The molecule has 0 spiro atoms. The summed E-state index contributed by atoms with van der Waals surface area (Å²) in [6, 6.07) is 14.7. The van der Waals surface area contributed by atoms with E-state index in [1.165, 1.54) is 5.56 Å². The Kier molecular flexibility index (Phi) is 9.55. The maximum atomic E-state index is 12.1. The van der Waals surface area contributed by atoms with E-state index in [9.17, 15) is 4.79 Å². The molecule has 0 radical (unpaired) electrons. The standard InChI is InChI=1S/C23H31N5O.HI/c1-17(2)22(29)28-13-10-20(11-14-28)27-23(24-3)26-16-18-7-6-8-19(15-18)21-9-4-5-12-25-21;/h4-9,12,15,17,20H,10-11,13-14,16H2,1-3H3,(H2,24,26,27);1H. The molecule has 0 bridgehead atoms. The molecule has 2 N–H and O–H groups in total. The van der Waals surface area contributed by atoms with E-state index in [1.54, 1.807) is 7.05 Å². The lowest BCUT2D eigenvalue weighted by atomic mass is 10.0. The predicted octanol–water partition coefficient (Wildman–Crippen LogP) is 3.68. The largest absolute Gasteiger partial charge is 0.354 e. The van der Waals surface area contributed by atoms with Crippen molar-refractivity contribution in [2.24, 2.45) is 10.9 Å². The number of aromatic nitrogens is 1. The highest BCUT2D eigenvalue weighted by Crippen LogP contribution is 2.18. The third-order valence-electron chi connectivity index (χ3n) is 5.21. The number of halogens is 1. The molecule has 6 nitrogen and oxygen atoms in total. The van der Waals surface area contributed by atoms with Crippen LogP contribution in [0.1, 0.15) is 32.3 Å². The van der Waals surface area contributed by atoms with Gasteiger partial charge in [-0.1, -0.05) is 38.1 Å². The van der Waals surface area contributed by atoms with Crippen LogP contribution in [0.5, 0.6) is 0 Å². The molecule has 3 rings (SSSR count). The number of amides is 1. The van der Waals surface area contributed by atoms with Crippen molar-refractivity contribution in [2.45, 2.75) is 39.3 Å².